The van der Waals surface area contributed by atoms with Crippen molar-refractivity contribution >= 4 is 22.7 Å². The SMILES string of the molecule is CCCSCC(Cc1nn(CC)c2ccccc12)NC. The van der Waals surface area contributed by atoms with Gasteiger partial charge in [0.2, 0.25) is 0 Å². The Labute approximate surface area is 126 Å². The van der Waals surface area contributed by atoms with E-state index in [2.05, 4.69) is 55.2 Å². The molecule has 0 aliphatic heterocycles. The van der Waals surface area contributed by atoms with Crippen molar-refractivity contribution in [2.75, 3.05) is 18.6 Å². The third kappa shape index (κ3) is 3.55. The van der Waals surface area contributed by atoms with Gasteiger partial charge in [-0.05, 0) is 32.2 Å². The van der Waals surface area contributed by atoms with Gasteiger partial charge in [0.1, 0.15) is 0 Å². The van der Waals surface area contributed by atoms with Crippen LogP contribution in [-0.4, -0.2) is 34.4 Å². The van der Waals surface area contributed by atoms with Gasteiger partial charge >= 0.3 is 0 Å². The molecular formula is C16H25N3S. The van der Waals surface area contributed by atoms with E-state index < -0.39 is 0 Å². The number of para-hydroxylation sites is 1. The molecule has 20 heavy (non-hydrogen) atoms. The van der Waals surface area contributed by atoms with Crippen molar-refractivity contribution in [1.82, 2.24) is 15.1 Å². The van der Waals surface area contributed by atoms with E-state index in [1.54, 1.807) is 0 Å². The first-order valence-corrected chi connectivity index (χ1v) is 8.65. The molecule has 1 unspecified atom stereocenters. The zero-order valence-electron chi connectivity index (χ0n) is 12.7. The largest absolute Gasteiger partial charge is 0.316 e. The van der Waals surface area contributed by atoms with E-state index in [9.17, 15) is 0 Å². The van der Waals surface area contributed by atoms with Gasteiger partial charge in [0, 0.05) is 30.1 Å². The number of hydrogen-bond donors (Lipinski definition) is 1. The minimum absolute atomic E-state index is 0.496. The third-order valence-electron chi connectivity index (χ3n) is 3.55. The van der Waals surface area contributed by atoms with Crippen LogP contribution in [0.1, 0.15) is 26.0 Å². The number of hydrogen-bond acceptors (Lipinski definition) is 3. The van der Waals surface area contributed by atoms with E-state index in [1.165, 1.54) is 28.8 Å². The average molecular weight is 291 g/mol. The first kappa shape index (κ1) is 15.4. The molecule has 110 valence electrons. The molecule has 0 saturated heterocycles. The minimum atomic E-state index is 0.496. The fourth-order valence-electron chi connectivity index (χ4n) is 2.44. The molecule has 0 aliphatic carbocycles. The second-order valence-electron chi connectivity index (χ2n) is 5.04. The Morgan fingerprint density at radius 1 is 1.30 bits per heavy atom. The molecule has 2 rings (SSSR count). The Morgan fingerprint density at radius 3 is 2.80 bits per heavy atom. The average Bonchev–Trinajstić information content (AvgIpc) is 2.84. The van der Waals surface area contributed by atoms with Crippen molar-refractivity contribution in [3.8, 4) is 0 Å². The van der Waals surface area contributed by atoms with Crippen molar-refractivity contribution in [2.24, 2.45) is 0 Å². The lowest BCUT2D eigenvalue weighted by molar-refractivity contribution is 0.593. The summed E-state index contributed by atoms with van der Waals surface area (Å²) in [6, 6.07) is 9.04. The van der Waals surface area contributed by atoms with Crippen LogP contribution in [0, 0.1) is 0 Å². The summed E-state index contributed by atoms with van der Waals surface area (Å²) in [5.41, 5.74) is 2.47. The summed E-state index contributed by atoms with van der Waals surface area (Å²) < 4.78 is 2.11. The first-order chi connectivity index (χ1) is 9.80. The normalized spacial score (nSPS) is 12.9. The number of nitrogens with zero attached hydrogens (tertiary/aromatic N) is 2. The predicted octanol–water partition coefficient (Wildman–Crippen LogP) is 3.33. The summed E-state index contributed by atoms with van der Waals surface area (Å²) >= 11 is 2.03. The fraction of sp³-hybridized carbons (Fsp3) is 0.562. The Morgan fingerprint density at radius 2 is 2.10 bits per heavy atom. The maximum Gasteiger partial charge on any atom is 0.0719 e. The van der Waals surface area contributed by atoms with Crippen LogP contribution in [0.3, 0.4) is 0 Å². The highest BCUT2D eigenvalue weighted by Crippen LogP contribution is 2.20. The lowest BCUT2D eigenvalue weighted by Gasteiger charge is -2.14. The lowest BCUT2D eigenvalue weighted by Crippen LogP contribution is -2.30. The topological polar surface area (TPSA) is 29.9 Å². The van der Waals surface area contributed by atoms with Gasteiger partial charge in [-0.3, -0.25) is 4.68 Å². The summed E-state index contributed by atoms with van der Waals surface area (Å²) in [4.78, 5) is 0. The van der Waals surface area contributed by atoms with Crippen LogP contribution in [0.15, 0.2) is 24.3 Å². The summed E-state index contributed by atoms with van der Waals surface area (Å²) in [6.45, 7) is 5.31. The summed E-state index contributed by atoms with van der Waals surface area (Å²) in [7, 11) is 2.05. The predicted molar refractivity (Wildman–Crippen MR) is 89.6 cm³/mol. The van der Waals surface area contributed by atoms with E-state index in [1.807, 2.05) is 11.8 Å². The Balaban J connectivity index is 2.15. The van der Waals surface area contributed by atoms with Crippen LogP contribution in [0.4, 0.5) is 0 Å². The Bertz CT molecular complexity index is 536. The van der Waals surface area contributed by atoms with Gasteiger partial charge in [-0.2, -0.15) is 16.9 Å². The lowest BCUT2D eigenvalue weighted by atomic mass is 10.1. The van der Waals surface area contributed by atoms with Crippen LogP contribution in [0.2, 0.25) is 0 Å². The molecule has 0 aliphatic rings. The zero-order valence-corrected chi connectivity index (χ0v) is 13.5. The number of thioether (sulfide) groups is 1. The van der Waals surface area contributed by atoms with Gasteiger partial charge in [0.25, 0.3) is 0 Å². The molecule has 1 atom stereocenters. The molecule has 0 fully saturated rings. The maximum atomic E-state index is 4.79. The summed E-state index contributed by atoms with van der Waals surface area (Å²) in [5, 5.41) is 9.52. The molecule has 0 amide bonds. The van der Waals surface area contributed by atoms with Crippen molar-refractivity contribution in [2.45, 2.75) is 39.3 Å². The molecule has 2 aromatic rings. The van der Waals surface area contributed by atoms with Crippen LogP contribution in [0.25, 0.3) is 10.9 Å². The molecular weight excluding hydrogens is 266 g/mol. The van der Waals surface area contributed by atoms with Gasteiger partial charge < -0.3 is 5.32 Å². The number of likely N-dealkylation sites (N-methyl/N-ethyl adjacent to an activating group) is 1. The highest BCUT2D eigenvalue weighted by molar-refractivity contribution is 7.99. The molecule has 0 bridgehead atoms. The second kappa shape index (κ2) is 7.70. The van der Waals surface area contributed by atoms with Gasteiger partial charge in [0.05, 0.1) is 11.2 Å². The number of aryl methyl sites for hydroxylation is 1. The standard InChI is InChI=1S/C16H25N3S/c1-4-10-20-12-13(17-3)11-15-14-8-6-7-9-16(14)19(5-2)18-15/h6-9,13,17H,4-5,10-12H2,1-3H3. The maximum absolute atomic E-state index is 4.79. The van der Waals surface area contributed by atoms with Crippen LogP contribution in [0.5, 0.6) is 0 Å². The van der Waals surface area contributed by atoms with Gasteiger partial charge in [-0.15, -0.1) is 0 Å². The Kier molecular flexibility index (Phi) is 5.92. The molecule has 3 nitrogen and oxygen atoms in total. The third-order valence-corrected chi connectivity index (χ3v) is 4.88. The number of fused-ring (bicyclic) bond motifs is 1. The van der Waals surface area contributed by atoms with E-state index in [-0.39, 0.29) is 0 Å². The minimum Gasteiger partial charge on any atom is -0.316 e. The molecule has 1 aromatic carbocycles. The number of aromatic nitrogens is 2. The van der Waals surface area contributed by atoms with Crippen LogP contribution in [-0.2, 0) is 13.0 Å². The second-order valence-corrected chi connectivity index (χ2v) is 6.19. The smallest absolute Gasteiger partial charge is 0.0719 e. The highest BCUT2D eigenvalue weighted by atomic mass is 32.2. The van der Waals surface area contributed by atoms with Crippen molar-refractivity contribution in [3.63, 3.8) is 0 Å². The molecule has 0 saturated carbocycles. The molecule has 1 N–H and O–H groups in total. The van der Waals surface area contributed by atoms with Crippen LogP contribution < -0.4 is 5.32 Å². The van der Waals surface area contributed by atoms with E-state index in [0.717, 1.165) is 18.7 Å². The van der Waals surface area contributed by atoms with E-state index in [0.29, 0.717) is 6.04 Å². The monoisotopic (exact) mass is 291 g/mol. The van der Waals surface area contributed by atoms with E-state index in [4.69, 9.17) is 5.10 Å². The number of benzene rings is 1. The molecule has 0 radical (unpaired) electrons. The molecule has 4 heteroatoms. The zero-order chi connectivity index (χ0) is 14.4. The quantitative estimate of drug-likeness (QED) is 0.757. The van der Waals surface area contributed by atoms with Crippen molar-refractivity contribution in [1.29, 1.82) is 0 Å². The van der Waals surface area contributed by atoms with Crippen molar-refractivity contribution in [3.05, 3.63) is 30.0 Å². The molecule has 1 aromatic heterocycles. The van der Waals surface area contributed by atoms with Gasteiger partial charge in [-0.1, -0.05) is 25.1 Å². The summed E-state index contributed by atoms with van der Waals surface area (Å²) in [5.74, 6) is 2.39. The van der Waals surface area contributed by atoms with E-state index >= 15 is 0 Å². The van der Waals surface area contributed by atoms with Gasteiger partial charge in [0.15, 0.2) is 0 Å². The number of nitrogens with one attached hydrogen (secondary N) is 1. The van der Waals surface area contributed by atoms with Crippen molar-refractivity contribution < 1.29 is 0 Å². The summed E-state index contributed by atoms with van der Waals surface area (Å²) in [6.07, 6.45) is 2.25. The molecule has 1 heterocycles. The first-order valence-electron chi connectivity index (χ1n) is 7.49. The van der Waals surface area contributed by atoms with Crippen LogP contribution >= 0.6 is 11.8 Å². The van der Waals surface area contributed by atoms with Gasteiger partial charge in [-0.25, -0.2) is 0 Å². The highest BCUT2D eigenvalue weighted by Gasteiger charge is 2.14. The Hall–Kier alpha value is -1.00. The fourth-order valence-corrected chi connectivity index (χ4v) is 3.46. The number of rotatable bonds is 8. The molecule has 0 spiro atoms.